The van der Waals surface area contributed by atoms with Gasteiger partial charge < -0.3 is 5.11 Å². The topological polar surface area (TPSA) is 33.1 Å². The van der Waals surface area contributed by atoms with Crippen molar-refractivity contribution >= 4 is 22.5 Å². The lowest BCUT2D eigenvalue weighted by Crippen LogP contribution is -1.93. The van der Waals surface area contributed by atoms with Gasteiger partial charge in [0.25, 0.3) is 0 Å². The molecule has 0 bridgehead atoms. The van der Waals surface area contributed by atoms with Gasteiger partial charge in [-0.05, 0) is 43.4 Å². The Kier molecular flexibility index (Phi) is 2.25. The van der Waals surface area contributed by atoms with Crippen molar-refractivity contribution in [2.24, 2.45) is 5.92 Å². The van der Waals surface area contributed by atoms with Crippen LogP contribution in [0, 0.1) is 5.92 Å². The van der Waals surface area contributed by atoms with Gasteiger partial charge >= 0.3 is 0 Å². The third kappa shape index (κ3) is 1.74. The molecule has 1 N–H and O–H groups in total. The van der Waals surface area contributed by atoms with E-state index in [-0.39, 0.29) is 5.75 Å². The van der Waals surface area contributed by atoms with E-state index in [1.54, 1.807) is 6.07 Å². The molecule has 2 aromatic rings. The zero-order valence-electron chi connectivity index (χ0n) is 8.78. The van der Waals surface area contributed by atoms with E-state index < -0.39 is 0 Å². The van der Waals surface area contributed by atoms with Crippen LogP contribution in [-0.2, 0) is 6.42 Å². The van der Waals surface area contributed by atoms with Gasteiger partial charge in [-0.25, -0.2) is 4.98 Å². The van der Waals surface area contributed by atoms with Crippen molar-refractivity contribution in [1.82, 2.24) is 4.98 Å². The predicted octanol–water partition coefficient (Wildman–Crippen LogP) is 3.55. The quantitative estimate of drug-likeness (QED) is 0.861. The van der Waals surface area contributed by atoms with E-state index in [2.05, 4.69) is 4.98 Å². The summed E-state index contributed by atoms with van der Waals surface area (Å²) in [4.78, 5) is 4.48. The molecule has 2 nitrogen and oxygen atoms in total. The number of hydrogen-bond donors (Lipinski definition) is 1. The second kappa shape index (κ2) is 3.63. The number of nitrogens with zero attached hydrogens (tertiary/aromatic N) is 1. The van der Waals surface area contributed by atoms with Gasteiger partial charge in [-0.1, -0.05) is 17.7 Å². The van der Waals surface area contributed by atoms with Gasteiger partial charge in [-0.15, -0.1) is 0 Å². The van der Waals surface area contributed by atoms with Gasteiger partial charge in [0.15, 0.2) is 0 Å². The zero-order chi connectivity index (χ0) is 11.1. The molecule has 1 aromatic carbocycles. The van der Waals surface area contributed by atoms with Crippen molar-refractivity contribution in [2.75, 3.05) is 0 Å². The summed E-state index contributed by atoms with van der Waals surface area (Å²) in [6.45, 7) is 0. The third-order valence-corrected chi connectivity index (χ3v) is 3.37. The lowest BCUT2D eigenvalue weighted by molar-refractivity contribution is 0.463. The Balaban J connectivity index is 2.13. The molecule has 82 valence electrons. The largest absolute Gasteiger partial charge is 0.506 e. The lowest BCUT2D eigenvalue weighted by atomic mass is 10.1. The van der Waals surface area contributed by atoms with Crippen molar-refractivity contribution in [3.8, 4) is 5.75 Å². The highest BCUT2D eigenvalue weighted by atomic mass is 35.5. The van der Waals surface area contributed by atoms with Crippen molar-refractivity contribution in [2.45, 2.75) is 19.3 Å². The maximum absolute atomic E-state index is 9.89. The molecule has 0 amide bonds. The number of benzene rings is 1. The second-order valence-corrected chi connectivity index (χ2v) is 4.82. The molecule has 0 saturated heterocycles. The van der Waals surface area contributed by atoms with E-state index in [0.29, 0.717) is 5.02 Å². The Morgan fingerprint density at radius 1 is 1.38 bits per heavy atom. The van der Waals surface area contributed by atoms with Crippen LogP contribution >= 0.6 is 11.6 Å². The van der Waals surface area contributed by atoms with Gasteiger partial charge in [0, 0.05) is 5.39 Å². The van der Waals surface area contributed by atoms with Gasteiger partial charge in [0.1, 0.15) is 5.75 Å². The fourth-order valence-corrected chi connectivity index (χ4v) is 2.16. The number of pyridine rings is 1. The first-order valence-electron chi connectivity index (χ1n) is 5.51. The number of aromatic nitrogens is 1. The number of aromatic hydroxyl groups is 1. The van der Waals surface area contributed by atoms with Crippen molar-refractivity contribution in [3.05, 3.63) is 35.0 Å². The molecule has 0 unspecified atom stereocenters. The van der Waals surface area contributed by atoms with Crippen LogP contribution < -0.4 is 0 Å². The van der Waals surface area contributed by atoms with E-state index >= 15 is 0 Å². The van der Waals surface area contributed by atoms with Crippen LogP contribution in [0.1, 0.15) is 18.5 Å². The van der Waals surface area contributed by atoms with Crippen LogP contribution in [0.2, 0.25) is 5.02 Å². The molecule has 0 atom stereocenters. The number of hydrogen-bond acceptors (Lipinski definition) is 2. The summed E-state index contributed by atoms with van der Waals surface area (Å²) in [5.41, 5.74) is 1.67. The van der Waals surface area contributed by atoms with E-state index in [0.717, 1.165) is 28.9 Å². The fourth-order valence-electron chi connectivity index (χ4n) is 1.93. The van der Waals surface area contributed by atoms with Gasteiger partial charge in [-0.3, -0.25) is 0 Å². The molecule has 1 aromatic heterocycles. The lowest BCUT2D eigenvalue weighted by Gasteiger charge is -2.06. The minimum atomic E-state index is 0.271. The molecule has 0 radical (unpaired) electrons. The minimum absolute atomic E-state index is 0.271. The maximum atomic E-state index is 9.89. The zero-order valence-corrected chi connectivity index (χ0v) is 9.54. The van der Waals surface area contributed by atoms with Crippen LogP contribution in [0.15, 0.2) is 24.3 Å². The highest BCUT2D eigenvalue weighted by molar-refractivity contribution is 6.35. The number of fused-ring (bicyclic) bond motifs is 1. The highest BCUT2D eigenvalue weighted by Gasteiger charge is 2.23. The Hall–Kier alpha value is -1.28. The summed E-state index contributed by atoms with van der Waals surface area (Å²) >= 11 is 6.05. The molecular formula is C13H12ClNO. The van der Waals surface area contributed by atoms with Crippen LogP contribution in [-0.4, -0.2) is 10.1 Å². The SMILES string of the molecule is Oc1cc2c(Cl)cccc2nc1CC1CC1. The molecule has 1 saturated carbocycles. The highest BCUT2D eigenvalue weighted by Crippen LogP contribution is 2.35. The van der Waals surface area contributed by atoms with E-state index in [1.165, 1.54) is 12.8 Å². The molecule has 1 heterocycles. The van der Waals surface area contributed by atoms with Crippen LogP contribution in [0.25, 0.3) is 10.9 Å². The number of rotatable bonds is 2. The summed E-state index contributed by atoms with van der Waals surface area (Å²) in [5, 5.41) is 11.3. The molecule has 0 spiro atoms. The molecule has 1 aliphatic rings. The standard InChI is InChI=1S/C13H12ClNO/c14-10-2-1-3-11-9(10)7-13(16)12(15-11)6-8-4-5-8/h1-3,7-8,16H,4-6H2. The fraction of sp³-hybridized carbons (Fsp3) is 0.308. The summed E-state index contributed by atoms with van der Waals surface area (Å²) < 4.78 is 0. The van der Waals surface area contributed by atoms with Crippen LogP contribution in [0.5, 0.6) is 5.75 Å². The van der Waals surface area contributed by atoms with Crippen molar-refractivity contribution < 1.29 is 5.11 Å². The normalized spacial score (nSPS) is 15.6. The Morgan fingerprint density at radius 3 is 2.94 bits per heavy atom. The third-order valence-electron chi connectivity index (χ3n) is 3.04. The van der Waals surface area contributed by atoms with Gasteiger partial charge in [0.05, 0.1) is 16.2 Å². The van der Waals surface area contributed by atoms with E-state index in [9.17, 15) is 5.11 Å². The maximum Gasteiger partial charge on any atom is 0.137 e. The molecule has 1 aliphatic carbocycles. The van der Waals surface area contributed by atoms with E-state index in [4.69, 9.17) is 11.6 Å². The van der Waals surface area contributed by atoms with Crippen molar-refractivity contribution in [1.29, 1.82) is 0 Å². The predicted molar refractivity (Wildman–Crippen MR) is 64.8 cm³/mol. The number of halogens is 1. The molecule has 0 aliphatic heterocycles. The summed E-state index contributed by atoms with van der Waals surface area (Å²) in [7, 11) is 0. The Bertz CT molecular complexity index is 549. The first-order valence-corrected chi connectivity index (χ1v) is 5.89. The average molecular weight is 234 g/mol. The van der Waals surface area contributed by atoms with E-state index in [1.807, 2.05) is 18.2 Å². The Labute approximate surface area is 98.9 Å². The smallest absolute Gasteiger partial charge is 0.137 e. The average Bonchev–Trinajstić information content (AvgIpc) is 3.05. The summed E-state index contributed by atoms with van der Waals surface area (Å²) in [6.07, 6.45) is 3.40. The Morgan fingerprint density at radius 2 is 2.19 bits per heavy atom. The van der Waals surface area contributed by atoms with Crippen LogP contribution in [0.4, 0.5) is 0 Å². The summed E-state index contributed by atoms with van der Waals surface area (Å²) in [5.74, 6) is 0.988. The van der Waals surface area contributed by atoms with Crippen LogP contribution in [0.3, 0.4) is 0 Å². The minimum Gasteiger partial charge on any atom is -0.506 e. The molecule has 16 heavy (non-hydrogen) atoms. The monoisotopic (exact) mass is 233 g/mol. The second-order valence-electron chi connectivity index (χ2n) is 4.41. The van der Waals surface area contributed by atoms with Gasteiger partial charge in [-0.2, -0.15) is 0 Å². The molecular weight excluding hydrogens is 222 g/mol. The molecule has 1 fully saturated rings. The van der Waals surface area contributed by atoms with Crippen molar-refractivity contribution in [3.63, 3.8) is 0 Å². The first-order chi connectivity index (χ1) is 7.74. The molecule has 3 rings (SSSR count). The first kappa shape index (κ1) is 9.91. The van der Waals surface area contributed by atoms with Gasteiger partial charge in [0.2, 0.25) is 0 Å². The molecule has 3 heteroatoms. The summed E-state index contributed by atoms with van der Waals surface area (Å²) in [6, 6.07) is 7.35.